The van der Waals surface area contributed by atoms with E-state index in [2.05, 4.69) is 10.6 Å². The van der Waals surface area contributed by atoms with E-state index in [4.69, 9.17) is 16.3 Å². The fourth-order valence-electron chi connectivity index (χ4n) is 2.62. The predicted molar refractivity (Wildman–Crippen MR) is 89.2 cm³/mol. The lowest BCUT2D eigenvalue weighted by Gasteiger charge is -2.21. The van der Waals surface area contributed by atoms with Gasteiger partial charge in [0.1, 0.15) is 5.76 Å². The third-order valence-electron chi connectivity index (χ3n) is 3.95. The molecule has 0 atom stereocenters. The molecule has 2 aliphatic rings. The van der Waals surface area contributed by atoms with Gasteiger partial charge in [0.25, 0.3) is 5.91 Å². The number of benzene rings is 1. The minimum absolute atomic E-state index is 0.0855. The van der Waals surface area contributed by atoms with Crippen molar-refractivity contribution >= 4 is 28.9 Å². The van der Waals surface area contributed by atoms with Crippen LogP contribution in [-0.2, 0) is 9.53 Å². The van der Waals surface area contributed by atoms with E-state index in [0.29, 0.717) is 17.7 Å². The minimum atomic E-state index is -0.0855. The largest absolute Gasteiger partial charge is 0.497 e. The van der Waals surface area contributed by atoms with E-state index < -0.39 is 0 Å². The molecule has 1 aliphatic carbocycles. The molecular weight excluding hydrogens is 300 g/mol. The van der Waals surface area contributed by atoms with Gasteiger partial charge in [-0.25, -0.2) is 0 Å². The van der Waals surface area contributed by atoms with Crippen LogP contribution in [0.5, 0.6) is 0 Å². The van der Waals surface area contributed by atoms with Crippen LogP contribution in [0.1, 0.15) is 39.0 Å². The minimum Gasteiger partial charge on any atom is -0.497 e. The molecule has 3 rings (SSSR count). The number of allylic oxidation sites excluding steroid dienone is 1. The van der Waals surface area contributed by atoms with Crippen molar-refractivity contribution in [3.05, 3.63) is 34.6 Å². The van der Waals surface area contributed by atoms with Crippen LogP contribution < -0.4 is 10.6 Å². The van der Waals surface area contributed by atoms with Crippen LogP contribution in [0.3, 0.4) is 0 Å². The average Bonchev–Trinajstić information content (AvgIpc) is 3.34. The molecule has 0 spiro atoms. The Morgan fingerprint density at radius 3 is 2.91 bits per heavy atom. The highest BCUT2D eigenvalue weighted by Crippen LogP contribution is 2.32. The van der Waals surface area contributed by atoms with Gasteiger partial charge in [-0.3, -0.25) is 4.79 Å². The predicted octanol–water partition coefficient (Wildman–Crippen LogP) is 4.33. The maximum atomic E-state index is 12.6. The van der Waals surface area contributed by atoms with Crippen molar-refractivity contribution < 1.29 is 9.53 Å². The molecule has 1 fully saturated rings. The molecule has 0 aromatic heterocycles. The Morgan fingerprint density at radius 2 is 2.18 bits per heavy atom. The van der Waals surface area contributed by atoms with E-state index in [1.807, 2.05) is 19.1 Å². The summed E-state index contributed by atoms with van der Waals surface area (Å²) in [6, 6.07) is 6.06. The monoisotopic (exact) mass is 320 g/mol. The third kappa shape index (κ3) is 3.55. The number of ether oxygens (including phenoxy) is 1. The molecule has 1 aliphatic heterocycles. The molecule has 1 amide bonds. The Hall–Kier alpha value is -1.68. The number of carbonyl (C=O) groups is 1. The van der Waals surface area contributed by atoms with Gasteiger partial charge >= 0.3 is 0 Å². The zero-order valence-corrected chi connectivity index (χ0v) is 13.5. The van der Waals surface area contributed by atoms with E-state index in [1.165, 1.54) is 12.8 Å². The van der Waals surface area contributed by atoms with E-state index >= 15 is 0 Å². The van der Waals surface area contributed by atoms with Crippen LogP contribution >= 0.6 is 11.6 Å². The normalized spacial score (nSPS) is 17.9. The Balaban J connectivity index is 1.80. The average molecular weight is 321 g/mol. The Bertz CT molecular complexity index is 609. The molecule has 118 valence electrons. The van der Waals surface area contributed by atoms with Crippen molar-refractivity contribution in [1.29, 1.82) is 0 Å². The van der Waals surface area contributed by atoms with Gasteiger partial charge in [-0.05, 0) is 43.9 Å². The fourth-order valence-corrected chi connectivity index (χ4v) is 2.79. The number of anilines is 2. The van der Waals surface area contributed by atoms with Crippen molar-refractivity contribution in [1.82, 2.24) is 0 Å². The maximum Gasteiger partial charge on any atom is 0.255 e. The SMILES string of the molecule is CCC1=C(C(=O)Nc2cc(Cl)ccc2NC2CC2)CCCO1. The number of hydrogen-bond acceptors (Lipinski definition) is 3. The fraction of sp³-hybridized carbons (Fsp3) is 0.471. The number of amides is 1. The van der Waals surface area contributed by atoms with Gasteiger partial charge in [0.05, 0.1) is 23.6 Å². The Kier molecular flexibility index (Phi) is 4.57. The van der Waals surface area contributed by atoms with Crippen molar-refractivity contribution in [2.24, 2.45) is 0 Å². The number of carbonyl (C=O) groups excluding carboxylic acids is 1. The summed E-state index contributed by atoms with van der Waals surface area (Å²) in [5.74, 6) is 0.722. The molecule has 1 aromatic carbocycles. The summed E-state index contributed by atoms with van der Waals surface area (Å²) in [6.45, 7) is 2.71. The van der Waals surface area contributed by atoms with Crippen LogP contribution in [0.15, 0.2) is 29.5 Å². The quantitative estimate of drug-likeness (QED) is 0.849. The molecule has 1 saturated carbocycles. The van der Waals surface area contributed by atoms with Gasteiger partial charge in [-0.1, -0.05) is 18.5 Å². The summed E-state index contributed by atoms with van der Waals surface area (Å²) >= 11 is 6.08. The maximum absolute atomic E-state index is 12.6. The lowest BCUT2D eigenvalue weighted by molar-refractivity contribution is -0.113. The lowest BCUT2D eigenvalue weighted by Crippen LogP contribution is -2.21. The summed E-state index contributed by atoms with van der Waals surface area (Å²) in [5.41, 5.74) is 2.42. The van der Waals surface area contributed by atoms with Crippen molar-refractivity contribution in [2.75, 3.05) is 17.2 Å². The molecule has 0 saturated heterocycles. The zero-order chi connectivity index (χ0) is 15.5. The first kappa shape index (κ1) is 15.2. The standard InChI is InChI=1S/C17H21ClN2O2/c1-2-16-13(4-3-9-22-16)17(21)20-15-10-11(18)5-8-14(15)19-12-6-7-12/h5,8,10,12,19H,2-4,6-7,9H2,1H3,(H,20,21). The number of halogens is 1. The second kappa shape index (κ2) is 6.61. The highest BCUT2D eigenvalue weighted by atomic mass is 35.5. The van der Waals surface area contributed by atoms with E-state index in [9.17, 15) is 4.79 Å². The van der Waals surface area contributed by atoms with Crippen molar-refractivity contribution in [3.8, 4) is 0 Å². The Morgan fingerprint density at radius 1 is 1.36 bits per heavy atom. The van der Waals surface area contributed by atoms with Gasteiger partial charge in [-0.15, -0.1) is 0 Å². The molecule has 2 N–H and O–H groups in total. The van der Waals surface area contributed by atoms with Crippen LogP contribution in [0.25, 0.3) is 0 Å². The summed E-state index contributed by atoms with van der Waals surface area (Å²) in [7, 11) is 0. The molecule has 4 nitrogen and oxygen atoms in total. The summed E-state index contributed by atoms with van der Waals surface area (Å²) < 4.78 is 5.60. The van der Waals surface area contributed by atoms with Crippen molar-refractivity contribution in [2.45, 2.75) is 45.1 Å². The number of nitrogens with one attached hydrogen (secondary N) is 2. The first-order valence-electron chi connectivity index (χ1n) is 7.89. The number of hydrogen-bond donors (Lipinski definition) is 2. The third-order valence-corrected chi connectivity index (χ3v) is 4.18. The molecule has 0 bridgehead atoms. The molecule has 1 heterocycles. The van der Waals surface area contributed by atoms with Gasteiger partial charge in [0.2, 0.25) is 0 Å². The molecule has 5 heteroatoms. The van der Waals surface area contributed by atoms with Crippen LogP contribution in [0, 0.1) is 0 Å². The smallest absolute Gasteiger partial charge is 0.255 e. The summed E-state index contributed by atoms with van der Waals surface area (Å²) in [4.78, 5) is 12.6. The van der Waals surface area contributed by atoms with E-state index in [0.717, 1.165) is 42.0 Å². The molecule has 22 heavy (non-hydrogen) atoms. The van der Waals surface area contributed by atoms with E-state index in [-0.39, 0.29) is 5.91 Å². The van der Waals surface area contributed by atoms with Gasteiger partial charge < -0.3 is 15.4 Å². The molecule has 0 radical (unpaired) electrons. The highest BCUT2D eigenvalue weighted by molar-refractivity contribution is 6.31. The molecule has 1 aromatic rings. The first-order chi connectivity index (χ1) is 10.7. The highest BCUT2D eigenvalue weighted by Gasteiger charge is 2.24. The van der Waals surface area contributed by atoms with Crippen LogP contribution in [-0.4, -0.2) is 18.6 Å². The second-order valence-corrected chi connectivity index (χ2v) is 6.21. The van der Waals surface area contributed by atoms with Crippen molar-refractivity contribution in [3.63, 3.8) is 0 Å². The first-order valence-corrected chi connectivity index (χ1v) is 8.27. The van der Waals surface area contributed by atoms with Crippen LogP contribution in [0.4, 0.5) is 11.4 Å². The lowest BCUT2D eigenvalue weighted by atomic mass is 10.0. The van der Waals surface area contributed by atoms with Crippen LogP contribution in [0.2, 0.25) is 5.02 Å². The van der Waals surface area contributed by atoms with Gasteiger partial charge in [-0.2, -0.15) is 0 Å². The topological polar surface area (TPSA) is 50.4 Å². The molecule has 0 unspecified atom stereocenters. The number of rotatable bonds is 5. The molecular formula is C17H21ClN2O2. The Labute approximate surface area is 135 Å². The van der Waals surface area contributed by atoms with Gasteiger partial charge in [0.15, 0.2) is 0 Å². The van der Waals surface area contributed by atoms with E-state index in [1.54, 1.807) is 6.07 Å². The summed E-state index contributed by atoms with van der Waals surface area (Å²) in [6.07, 6.45) is 4.74. The zero-order valence-electron chi connectivity index (χ0n) is 12.7. The van der Waals surface area contributed by atoms with Gasteiger partial charge in [0, 0.05) is 17.5 Å². The summed E-state index contributed by atoms with van der Waals surface area (Å²) in [5, 5.41) is 7.03. The second-order valence-electron chi connectivity index (χ2n) is 5.77.